The first kappa shape index (κ1) is 23.9. The highest BCUT2D eigenvalue weighted by molar-refractivity contribution is 8.26. The first-order valence-electron chi connectivity index (χ1n) is 9.55. The number of amides is 2. The quantitative estimate of drug-likeness (QED) is 0.316. The van der Waals surface area contributed by atoms with E-state index in [1.54, 1.807) is 31.4 Å². The van der Waals surface area contributed by atoms with E-state index in [0.29, 0.717) is 21.4 Å². The van der Waals surface area contributed by atoms with Gasteiger partial charge < -0.3 is 4.74 Å². The lowest BCUT2D eigenvalue weighted by Crippen LogP contribution is -2.41. The van der Waals surface area contributed by atoms with E-state index in [1.165, 1.54) is 28.8 Å². The highest BCUT2D eigenvalue weighted by Crippen LogP contribution is 2.33. The van der Waals surface area contributed by atoms with Gasteiger partial charge in [-0.1, -0.05) is 54.3 Å². The molecule has 2 N–H and O–H groups in total. The molecular formula is C21H21N3O5S3. The summed E-state index contributed by atoms with van der Waals surface area (Å²) in [6.45, 7) is 0.249. The van der Waals surface area contributed by atoms with Crippen molar-refractivity contribution in [2.45, 2.75) is 17.7 Å². The van der Waals surface area contributed by atoms with Crippen molar-refractivity contribution >= 4 is 56.2 Å². The van der Waals surface area contributed by atoms with Crippen LogP contribution < -0.4 is 15.0 Å². The van der Waals surface area contributed by atoms with E-state index in [-0.39, 0.29) is 23.8 Å². The molecule has 1 aliphatic rings. The van der Waals surface area contributed by atoms with E-state index in [2.05, 4.69) is 10.3 Å². The highest BCUT2D eigenvalue weighted by atomic mass is 32.2. The van der Waals surface area contributed by atoms with Crippen LogP contribution in [0.3, 0.4) is 0 Å². The number of sulfonamides is 1. The molecule has 2 amide bonds. The number of hydrogen-bond acceptors (Lipinski definition) is 7. The van der Waals surface area contributed by atoms with Gasteiger partial charge in [0.15, 0.2) is 0 Å². The first-order chi connectivity index (χ1) is 15.3. The Kier molecular flexibility index (Phi) is 8.02. The summed E-state index contributed by atoms with van der Waals surface area (Å²) in [5, 5.41) is 0. The molecule has 1 heterocycles. The van der Waals surface area contributed by atoms with Crippen molar-refractivity contribution in [2.75, 3.05) is 13.7 Å². The smallest absolute Gasteiger partial charge is 0.266 e. The summed E-state index contributed by atoms with van der Waals surface area (Å²) in [6, 6.07) is 15.0. The number of hydrogen-bond donors (Lipinski definition) is 2. The molecule has 0 unspecified atom stereocenters. The maximum Gasteiger partial charge on any atom is 0.266 e. The molecule has 1 fully saturated rings. The van der Waals surface area contributed by atoms with Crippen LogP contribution in [0.15, 0.2) is 64.4 Å². The van der Waals surface area contributed by atoms with E-state index in [0.717, 1.165) is 5.56 Å². The number of carbonyl (C=O) groups excluding carboxylic acids is 2. The van der Waals surface area contributed by atoms with Crippen molar-refractivity contribution in [3.63, 3.8) is 0 Å². The molecule has 2 aromatic rings. The van der Waals surface area contributed by atoms with E-state index >= 15 is 0 Å². The fourth-order valence-corrected chi connectivity index (χ4v) is 5.01. The van der Waals surface area contributed by atoms with E-state index in [1.807, 2.05) is 24.3 Å². The molecule has 11 heteroatoms. The Morgan fingerprint density at radius 3 is 2.66 bits per heavy atom. The number of carbonyl (C=O) groups is 2. The second-order valence-corrected chi connectivity index (χ2v) is 10.0. The van der Waals surface area contributed by atoms with Crippen LogP contribution in [0, 0.1) is 0 Å². The first-order valence-corrected chi connectivity index (χ1v) is 12.3. The minimum Gasteiger partial charge on any atom is -0.497 e. The van der Waals surface area contributed by atoms with E-state index < -0.39 is 15.9 Å². The molecule has 0 saturated carbocycles. The number of ether oxygens (including phenoxy) is 1. The van der Waals surface area contributed by atoms with Crippen molar-refractivity contribution in [1.82, 2.24) is 15.2 Å². The molecule has 1 saturated heterocycles. The summed E-state index contributed by atoms with van der Waals surface area (Å²) < 4.78 is 29.8. The fourth-order valence-electron chi connectivity index (χ4n) is 2.82. The highest BCUT2D eigenvalue weighted by Gasteiger charge is 2.31. The zero-order valence-corrected chi connectivity index (χ0v) is 19.6. The van der Waals surface area contributed by atoms with Crippen molar-refractivity contribution in [1.29, 1.82) is 0 Å². The second-order valence-electron chi connectivity index (χ2n) is 6.68. The van der Waals surface area contributed by atoms with Crippen molar-refractivity contribution in [2.24, 2.45) is 0 Å². The van der Waals surface area contributed by atoms with E-state index in [9.17, 15) is 18.0 Å². The van der Waals surface area contributed by atoms with Crippen LogP contribution in [0.1, 0.15) is 18.4 Å². The molecule has 0 radical (unpaired) electrons. The number of thioether (sulfide) groups is 1. The molecule has 0 aromatic heterocycles. The minimum atomic E-state index is -3.84. The molecule has 0 spiro atoms. The zero-order chi connectivity index (χ0) is 23.1. The standard InChI is InChI=1S/C21H21N3O5S3/c1-29-16-8-5-7-15(13-16)14-18-20(26)24(21(30)31-18)12-6-11-19(25)22-23-32(27,28)17-9-3-2-4-10-17/h2-5,7-10,13-14,23H,6,11-12H2,1H3,(H,22,25)/b18-14-. The SMILES string of the molecule is COc1cccc(/C=C2\SC(=S)N(CCCC(=O)NNS(=O)(=O)c3ccccc3)C2=O)c1. The molecule has 32 heavy (non-hydrogen) atoms. The summed E-state index contributed by atoms with van der Waals surface area (Å²) >= 11 is 6.50. The van der Waals surface area contributed by atoms with Crippen LogP contribution in [0.4, 0.5) is 0 Å². The Morgan fingerprint density at radius 2 is 1.94 bits per heavy atom. The molecule has 0 bridgehead atoms. The maximum absolute atomic E-state index is 12.7. The molecule has 168 valence electrons. The Balaban J connectivity index is 1.50. The molecule has 3 rings (SSSR count). The van der Waals surface area contributed by atoms with Gasteiger partial charge in [0.05, 0.1) is 16.9 Å². The second kappa shape index (κ2) is 10.7. The average Bonchev–Trinajstić information content (AvgIpc) is 3.05. The van der Waals surface area contributed by atoms with Crippen molar-refractivity contribution < 1.29 is 22.7 Å². The van der Waals surface area contributed by atoms with Crippen molar-refractivity contribution in [3.8, 4) is 5.75 Å². The molecule has 0 atom stereocenters. The third-order valence-electron chi connectivity index (χ3n) is 4.43. The van der Waals surface area contributed by atoms with Gasteiger partial charge in [-0.05, 0) is 42.3 Å². The zero-order valence-electron chi connectivity index (χ0n) is 17.1. The lowest BCUT2D eigenvalue weighted by Gasteiger charge is -2.14. The monoisotopic (exact) mass is 491 g/mol. The predicted molar refractivity (Wildman–Crippen MR) is 127 cm³/mol. The number of rotatable bonds is 9. The summed E-state index contributed by atoms with van der Waals surface area (Å²) in [7, 11) is -2.27. The molecule has 8 nitrogen and oxygen atoms in total. The molecular weight excluding hydrogens is 470 g/mol. The fraction of sp³-hybridized carbons (Fsp3) is 0.190. The summed E-state index contributed by atoms with van der Waals surface area (Å²) in [4.78, 5) is 28.7. The number of nitrogens with one attached hydrogen (secondary N) is 2. The van der Waals surface area contributed by atoms with Gasteiger partial charge in [0.2, 0.25) is 5.91 Å². The molecule has 0 aliphatic carbocycles. The van der Waals surface area contributed by atoms with Gasteiger partial charge in [0, 0.05) is 13.0 Å². The van der Waals surface area contributed by atoms with Crippen LogP contribution in [0.2, 0.25) is 0 Å². The number of hydrazine groups is 1. The summed E-state index contributed by atoms with van der Waals surface area (Å²) in [5.41, 5.74) is 2.99. The van der Waals surface area contributed by atoms with Gasteiger partial charge in [-0.3, -0.25) is 19.9 Å². The van der Waals surface area contributed by atoms with Crippen molar-refractivity contribution in [3.05, 3.63) is 65.1 Å². The Morgan fingerprint density at radius 1 is 1.19 bits per heavy atom. The average molecular weight is 492 g/mol. The topological polar surface area (TPSA) is 105 Å². The van der Waals surface area contributed by atoms with Gasteiger partial charge in [0.25, 0.3) is 15.9 Å². The Labute approximate surface area is 196 Å². The summed E-state index contributed by atoms with van der Waals surface area (Å²) in [5.74, 6) is -0.0574. The summed E-state index contributed by atoms with van der Waals surface area (Å²) in [6.07, 6.45) is 2.08. The lowest BCUT2D eigenvalue weighted by atomic mass is 10.2. The molecule has 1 aliphatic heterocycles. The van der Waals surface area contributed by atoms with Gasteiger partial charge in [-0.15, -0.1) is 4.83 Å². The number of methoxy groups -OCH3 is 1. The normalized spacial score (nSPS) is 15.3. The lowest BCUT2D eigenvalue weighted by molar-refractivity contribution is -0.124. The van der Waals surface area contributed by atoms with Gasteiger partial charge >= 0.3 is 0 Å². The van der Waals surface area contributed by atoms with Crippen LogP contribution in [0.25, 0.3) is 6.08 Å². The number of thiocarbonyl (C=S) groups is 1. The largest absolute Gasteiger partial charge is 0.497 e. The van der Waals surface area contributed by atoms with Gasteiger partial charge in [-0.25, -0.2) is 8.42 Å². The third-order valence-corrected chi connectivity index (χ3v) is 7.07. The number of nitrogens with zero attached hydrogens (tertiary/aromatic N) is 1. The van der Waals surface area contributed by atoms with Crippen LogP contribution in [-0.4, -0.2) is 43.1 Å². The van der Waals surface area contributed by atoms with Crippen LogP contribution in [0.5, 0.6) is 5.75 Å². The number of benzene rings is 2. The van der Waals surface area contributed by atoms with Gasteiger partial charge in [0.1, 0.15) is 10.1 Å². The maximum atomic E-state index is 12.7. The van der Waals surface area contributed by atoms with E-state index in [4.69, 9.17) is 17.0 Å². The molecule has 2 aromatic carbocycles. The Hall–Kier alpha value is -2.73. The minimum absolute atomic E-state index is 0.0172. The predicted octanol–water partition coefficient (Wildman–Crippen LogP) is 2.69. The van der Waals surface area contributed by atoms with Crippen LogP contribution >= 0.6 is 24.0 Å². The van der Waals surface area contributed by atoms with Gasteiger partial charge in [-0.2, -0.15) is 0 Å². The van der Waals surface area contributed by atoms with Crippen LogP contribution in [-0.2, 0) is 19.6 Å². The Bertz CT molecular complexity index is 1150. The third kappa shape index (κ3) is 6.16.